The number of hydrogen-bond acceptors (Lipinski definition) is 8. The fourth-order valence-corrected chi connectivity index (χ4v) is 4.85. The van der Waals surface area contributed by atoms with E-state index in [-0.39, 0.29) is 30.8 Å². The minimum absolute atomic E-state index is 0.0584. The van der Waals surface area contributed by atoms with Crippen LogP contribution in [0, 0.1) is 0 Å². The SMILES string of the molecule is COc1cc(C(=O)CC(Cc2ccc(NC(=O)OCc3ccccc3)cc2)NC(=O)[C@@H]2CCCN2)cc(OC)c1OC. The lowest BCUT2D eigenvalue weighted by Crippen LogP contribution is -2.46. The maximum Gasteiger partial charge on any atom is 0.411 e. The molecule has 1 saturated heterocycles. The summed E-state index contributed by atoms with van der Waals surface area (Å²) in [5.74, 6) is 0.835. The molecule has 1 aliphatic rings. The molecule has 0 aromatic heterocycles. The average Bonchev–Trinajstić information content (AvgIpc) is 3.56. The molecule has 1 fully saturated rings. The second kappa shape index (κ2) is 14.9. The zero-order chi connectivity index (χ0) is 29.9. The molecule has 2 amide bonds. The van der Waals surface area contributed by atoms with Crippen LogP contribution in [0.15, 0.2) is 66.7 Å². The van der Waals surface area contributed by atoms with Crippen LogP contribution in [-0.2, 0) is 22.6 Å². The van der Waals surface area contributed by atoms with Gasteiger partial charge in [0.15, 0.2) is 17.3 Å². The van der Waals surface area contributed by atoms with E-state index in [4.69, 9.17) is 18.9 Å². The lowest BCUT2D eigenvalue weighted by atomic mass is 9.97. The summed E-state index contributed by atoms with van der Waals surface area (Å²) >= 11 is 0. The minimum Gasteiger partial charge on any atom is -0.493 e. The molecule has 0 radical (unpaired) electrons. The number of carbonyl (C=O) groups excluding carboxylic acids is 3. The van der Waals surface area contributed by atoms with Gasteiger partial charge in [-0.15, -0.1) is 0 Å². The molecule has 3 aromatic carbocycles. The van der Waals surface area contributed by atoms with Crippen molar-refractivity contribution >= 4 is 23.5 Å². The Morgan fingerprint density at radius 2 is 1.60 bits per heavy atom. The summed E-state index contributed by atoms with van der Waals surface area (Å²) in [5.41, 5.74) is 2.74. The molecular formula is C32H37N3O7. The number of ether oxygens (including phenoxy) is 4. The van der Waals surface area contributed by atoms with Crippen molar-refractivity contribution in [2.24, 2.45) is 0 Å². The van der Waals surface area contributed by atoms with Gasteiger partial charge in [-0.1, -0.05) is 42.5 Å². The average molecular weight is 576 g/mol. The first-order valence-corrected chi connectivity index (χ1v) is 13.8. The molecule has 0 aliphatic carbocycles. The minimum atomic E-state index is -0.559. The molecule has 3 aromatic rings. The van der Waals surface area contributed by atoms with Crippen LogP contribution >= 0.6 is 0 Å². The van der Waals surface area contributed by atoms with Crippen molar-refractivity contribution < 1.29 is 33.3 Å². The van der Waals surface area contributed by atoms with Crippen molar-refractivity contribution in [3.05, 3.63) is 83.4 Å². The predicted molar refractivity (Wildman–Crippen MR) is 158 cm³/mol. The quantitative estimate of drug-likeness (QED) is 0.254. The van der Waals surface area contributed by atoms with E-state index >= 15 is 0 Å². The standard InChI is InChI=1S/C32H37N3O7/c1-39-28-17-23(18-29(40-2)30(28)41-3)27(36)19-25(34-31(37)26-10-7-15-33-26)16-21-11-13-24(14-12-21)35-32(38)42-20-22-8-5-4-6-9-22/h4-6,8-9,11-14,17-18,25-26,33H,7,10,15-16,19-20H2,1-3H3,(H,34,37)(H,35,38)/t25?,26-/m0/s1. The Hall–Kier alpha value is -4.57. The summed E-state index contributed by atoms with van der Waals surface area (Å²) in [6.07, 6.45) is 1.59. The molecule has 42 heavy (non-hydrogen) atoms. The van der Waals surface area contributed by atoms with Crippen LogP contribution in [0.5, 0.6) is 17.2 Å². The van der Waals surface area contributed by atoms with Crippen molar-refractivity contribution in [1.29, 1.82) is 0 Å². The third-order valence-electron chi connectivity index (χ3n) is 7.04. The molecule has 3 N–H and O–H groups in total. The molecular weight excluding hydrogens is 538 g/mol. The summed E-state index contributed by atoms with van der Waals surface area (Å²) in [6, 6.07) is 19.1. The van der Waals surface area contributed by atoms with E-state index in [1.54, 1.807) is 24.3 Å². The van der Waals surface area contributed by atoms with Gasteiger partial charge < -0.3 is 29.6 Å². The second-order valence-corrected chi connectivity index (χ2v) is 9.98. The Morgan fingerprint density at radius 1 is 0.905 bits per heavy atom. The van der Waals surface area contributed by atoms with Crippen LogP contribution in [0.3, 0.4) is 0 Å². The Kier molecular flexibility index (Phi) is 10.8. The summed E-state index contributed by atoms with van der Waals surface area (Å²) < 4.78 is 21.5. The Labute approximate surface area is 245 Å². The molecule has 0 saturated carbocycles. The highest BCUT2D eigenvalue weighted by molar-refractivity contribution is 5.98. The van der Waals surface area contributed by atoms with Crippen LogP contribution in [0.4, 0.5) is 10.5 Å². The zero-order valence-electron chi connectivity index (χ0n) is 24.1. The highest BCUT2D eigenvalue weighted by Gasteiger charge is 2.26. The number of carbonyl (C=O) groups is 3. The summed E-state index contributed by atoms with van der Waals surface area (Å²) in [4.78, 5) is 38.7. The van der Waals surface area contributed by atoms with Gasteiger partial charge in [0.1, 0.15) is 6.61 Å². The molecule has 0 spiro atoms. The highest BCUT2D eigenvalue weighted by atomic mass is 16.5. The Bertz CT molecular complexity index is 1330. The van der Waals surface area contributed by atoms with Gasteiger partial charge in [-0.05, 0) is 61.2 Å². The first-order chi connectivity index (χ1) is 20.4. The number of methoxy groups -OCH3 is 3. The molecule has 4 rings (SSSR count). The summed E-state index contributed by atoms with van der Waals surface area (Å²) in [7, 11) is 4.48. The number of Topliss-reactive ketones (excluding diaryl/α,β-unsaturated/α-hetero) is 1. The van der Waals surface area contributed by atoms with Gasteiger partial charge in [0, 0.05) is 23.7 Å². The maximum absolute atomic E-state index is 13.4. The number of benzene rings is 3. The van der Waals surface area contributed by atoms with Crippen LogP contribution in [0.25, 0.3) is 0 Å². The van der Waals surface area contributed by atoms with Crippen molar-refractivity contribution in [2.45, 2.75) is 44.4 Å². The van der Waals surface area contributed by atoms with Crippen molar-refractivity contribution in [3.63, 3.8) is 0 Å². The summed E-state index contributed by atoms with van der Waals surface area (Å²) in [5, 5.41) is 8.99. The van der Waals surface area contributed by atoms with Crippen LogP contribution in [0.1, 0.15) is 40.7 Å². The van der Waals surface area contributed by atoms with Crippen molar-refractivity contribution in [3.8, 4) is 17.2 Å². The molecule has 2 atom stereocenters. The van der Waals surface area contributed by atoms with Gasteiger partial charge in [0.2, 0.25) is 11.7 Å². The third-order valence-corrected chi connectivity index (χ3v) is 7.04. The van der Waals surface area contributed by atoms with E-state index in [0.717, 1.165) is 30.5 Å². The monoisotopic (exact) mass is 575 g/mol. The predicted octanol–water partition coefficient (Wildman–Crippen LogP) is 4.51. The van der Waals surface area contributed by atoms with Gasteiger partial charge >= 0.3 is 6.09 Å². The van der Waals surface area contributed by atoms with E-state index in [1.807, 2.05) is 42.5 Å². The zero-order valence-corrected chi connectivity index (χ0v) is 24.1. The Morgan fingerprint density at radius 3 is 2.19 bits per heavy atom. The Balaban J connectivity index is 1.43. The lowest BCUT2D eigenvalue weighted by molar-refractivity contribution is -0.123. The second-order valence-electron chi connectivity index (χ2n) is 9.98. The molecule has 1 unspecified atom stereocenters. The number of amides is 2. The highest BCUT2D eigenvalue weighted by Crippen LogP contribution is 2.38. The number of nitrogens with one attached hydrogen (secondary N) is 3. The number of rotatable bonds is 13. The van der Waals surface area contributed by atoms with E-state index in [2.05, 4.69) is 16.0 Å². The molecule has 1 heterocycles. The van der Waals surface area contributed by atoms with E-state index in [1.165, 1.54) is 21.3 Å². The number of anilines is 1. The normalized spacial score (nSPS) is 14.9. The van der Waals surface area contributed by atoms with E-state index < -0.39 is 12.1 Å². The topological polar surface area (TPSA) is 124 Å². The van der Waals surface area contributed by atoms with Crippen molar-refractivity contribution in [2.75, 3.05) is 33.2 Å². The molecule has 1 aliphatic heterocycles. The van der Waals surface area contributed by atoms with Gasteiger partial charge in [-0.3, -0.25) is 14.9 Å². The molecule has 10 nitrogen and oxygen atoms in total. The fraction of sp³-hybridized carbons (Fsp3) is 0.344. The first kappa shape index (κ1) is 30.4. The molecule has 10 heteroatoms. The van der Waals surface area contributed by atoms with Gasteiger partial charge in [-0.25, -0.2) is 4.79 Å². The summed E-state index contributed by atoms with van der Waals surface area (Å²) in [6.45, 7) is 0.956. The molecule has 222 valence electrons. The first-order valence-electron chi connectivity index (χ1n) is 13.8. The van der Waals surface area contributed by atoms with Gasteiger partial charge in [0.05, 0.1) is 27.4 Å². The lowest BCUT2D eigenvalue weighted by Gasteiger charge is -2.21. The third kappa shape index (κ3) is 8.23. The molecule has 0 bridgehead atoms. The smallest absolute Gasteiger partial charge is 0.411 e. The maximum atomic E-state index is 13.4. The van der Waals surface area contributed by atoms with Crippen LogP contribution in [-0.4, -0.2) is 57.7 Å². The fourth-order valence-electron chi connectivity index (χ4n) is 4.85. The van der Waals surface area contributed by atoms with Crippen molar-refractivity contribution in [1.82, 2.24) is 10.6 Å². The van der Waals surface area contributed by atoms with E-state index in [0.29, 0.717) is 34.9 Å². The van der Waals surface area contributed by atoms with Crippen LogP contribution in [0.2, 0.25) is 0 Å². The van der Waals surface area contributed by atoms with Gasteiger partial charge in [0.25, 0.3) is 0 Å². The number of hydrogen-bond donors (Lipinski definition) is 3. The number of ketones is 1. The van der Waals surface area contributed by atoms with Crippen LogP contribution < -0.4 is 30.2 Å². The van der Waals surface area contributed by atoms with E-state index in [9.17, 15) is 14.4 Å². The van der Waals surface area contributed by atoms with Gasteiger partial charge in [-0.2, -0.15) is 0 Å². The largest absolute Gasteiger partial charge is 0.493 e.